The number of rotatable bonds is 2. The Balaban J connectivity index is 3.03. The monoisotopic (exact) mass is 101 g/mol. The second-order valence-electron chi connectivity index (χ2n) is 1.35. The molecule has 0 amide bonds. The molecule has 7 heavy (non-hydrogen) atoms. The second kappa shape index (κ2) is 3.60. The highest BCUT2D eigenvalue weighted by atomic mass is 19.1. The van der Waals surface area contributed by atoms with E-state index in [1.165, 1.54) is 0 Å². The highest BCUT2D eigenvalue weighted by molar-refractivity contribution is 4.66. The molecule has 0 aromatic carbocycles. The van der Waals surface area contributed by atoms with Gasteiger partial charge in [0, 0.05) is 0 Å². The molecule has 0 aliphatic heterocycles. The number of halogens is 1. The van der Waals surface area contributed by atoms with Crippen molar-refractivity contribution >= 4 is 0 Å². The van der Waals surface area contributed by atoms with E-state index in [1.807, 2.05) is 0 Å². The zero-order valence-electron chi connectivity index (χ0n) is 4.32. The largest absolute Gasteiger partial charge is 0.314 e. The van der Waals surface area contributed by atoms with Crippen LogP contribution in [0.25, 0.3) is 4.85 Å². The van der Waals surface area contributed by atoms with Gasteiger partial charge in [0.05, 0.1) is 0 Å². The first-order valence-corrected chi connectivity index (χ1v) is 2.28. The summed E-state index contributed by atoms with van der Waals surface area (Å²) in [5, 5.41) is 0. The molecular formula is C5H8FN. The van der Waals surface area contributed by atoms with Crippen molar-refractivity contribution in [3.8, 4) is 0 Å². The lowest BCUT2D eigenvalue weighted by atomic mass is 10.3. The normalized spacial score (nSPS) is 12.7. The van der Waals surface area contributed by atoms with Crippen LogP contribution < -0.4 is 0 Å². The first-order valence-electron chi connectivity index (χ1n) is 2.28. The van der Waals surface area contributed by atoms with Gasteiger partial charge >= 0.3 is 0 Å². The van der Waals surface area contributed by atoms with E-state index in [0.717, 1.165) is 0 Å². The molecule has 1 atom stereocenters. The van der Waals surface area contributed by atoms with Crippen molar-refractivity contribution in [1.29, 1.82) is 0 Å². The number of alkyl halides is 1. The highest BCUT2D eigenvalue weighted by Gasteiger charge is 2.02. The summed E-state index contributed by atoms with van der Waals surface area (Å²) < 4.78 is 11.9. The third-order valence-electron chi connectivity index (χ3n) is 0.732. The van der Waals surface area contributed by atoms with Crippen LogP contribution in [0.3, 0.4) is 0 Å². The molecule has 0 fully saturated rings. The summed E-state index contributed by atoms with van der Waals surface area (Å²) in [5.74, 6) is 0. The summed E-state index contributed by atoms with van der Waals surface area (Å²) in [6, 6.07) is 0. The lowest BCUT2D eigenvalue weighted by Crippen LogP contribution is -1.99. The Kier molecular flexibility index (Phi) is 3.31. The maximum atomic E-state index is 11.9. The molecule has 0 rings (SSSR count). The molecule has 0 heterocycles. The third kappa shape index (κ3) is 3.24. The minimum absolute atomic E-state index is 0.0243. The van der Waals surface area contributed by atoms with Gasteiger partial charge in [-0.15, -0.1) is 0 Å². The van der Waals surface area contributed by atoms with Gasteiger partial charge in [-0.05, 0) is 6.42 Å². The second-order valence-corrected chi connectivity index (χ2v) is 1.35. The van der Waals surface area contributed by atoms with Gasteiger partial charge in [-0.25, -0.2) is 11.0 Å². The molecule has 0 aliphatic rings. The smallest absolute Gasteiger partial charge is 0.245 e. The standard InChI is InChI=1S/C5H8FN/c1-3-5(6)4-7-2/h5H,3-4H2,1H3. The molecule has 1 unspecified atom stereocenters. The van der Waals surface area contributed by atoms with Crippen LogP contribution >= 0.6 is 0 Å². The van der Waals surface area contributed by atoms with Crippen molar-refractivity contribution in [2.24, 2.45) is 0 Å². The molecule has 0 aliphatic carbocycles. The Morgan fingerprint density at radius 3 is 2.57 bits per heavy atom. The molecule has 0 spiro atoms. The summed E-state index contributed by atoms with van der Waals surface area (Å²) in [4.78, 5) is 2.88. The molecule has 0 saturated heterocycles. The summed E-state index contributed by atoms with van der Waals surface area (Å²) >= 11 is 0. The van der Waals surface area contributed by atoms with Crippen molar-refractivity contribution in [2.45, 2.75) is 19.5 Å². The van der Waals surface area contributed by atoms with Gasteiger partial charge in [-0.3, -0.25) is 0 Å². The fraction of sp³-hybridized carbons (Fsp3) is 0.800. The van der Waals surface area contributed by atoms with Gasteiger partial charge in [0.2, 0.25) is 6.54 Å². The maximum Gasteiger partial charge on any atom is 0.245 e. The molecule has 0 aromatic heterocycles. The molecule has 0 saturated carbocycles. The van der Waals surface area contributed by atoms with Crippen LogP contribution in [0.2, 0.25) is 0 Å². The average molecular weight is 101 g/mol. The number of hydrogen-bond donors (Lipinski definition) is 0. The maximum absolute atomic E-state index is 11.9. The van der Waals surface area contributed by atoms with Crippen molar-refractivity contribution in [3.05, 3.63) is 11.4 Å². The Bertz CT molecular complexity index is 74.6. The van der Waals surface area contributed by atoms with Crippen molar-refractivity contribution < 1.29 is 4.39 Å². The zero-order chi connectivity index (χ0) is 5.70. The molecular weight excluding hydrogens is 93.1 g/mol. The van der Waals surface area contributed by atoms with Gasteiger partial charge in [-0.1, -0.05) is 6.92 Å². The van der Waals surface area contributed by atoms with E-state index in [0.29, 0.717) is 6.42 Å². The zero-order valence-corrected chi connectivity index (χ0v) is 4.32. The van der Waals surface area contributed by atoms with Gasteiger partial charge in [0.1, 0.15) is 0 Å². The minimum atomic E-state index is -0.905. The fourth-order valence-corrected chi connectivity index (χ4v) is 0.228. The van der Waals surface area contributed by atoms with Crippen molar-refractivity contribution in [1.82, 2.24) is 0 Å². The molecule has 40 valence electrons. The first kappa shape index (κ1) is 6.42. The van der Waals surface area contributed by atoms with Crippen LogP contribution in [-0.4, -0.2) is 12.7 Å². The molecule has 0 N–H and O–H groups in total. The molecule has 0 aromatic rings. The molecule has 0 radical (unpaired) electrons. The van der Waals surface area contributed by atoms with Crippen LogP contribution in [0.4, 0.5) is 4.39 Å². The summed E-state index contributed by atoms with van der Waals surface area (Å²) in [6.45, 7) is 7.98. The third-order valence-corrected chi connectivity index (χ3v) is 0.732. The quantitative estimate of drug-likeness (QED) is 0.466. The minimum Gasteiger partial charge on any atom is -0.314 e. The Labute approximate surface area is 43.0 Å². The Morgan fingerprint density at radius 2 is 2.43 bits per heavy atom. The van der Waals surface area contributed by atoms with Crippen molar-refractivity contribution in [3.63, 3.8) is 0 Å². The Morgan fingerprint density at radius 1 is 1.86 bits per heavy atom. The van der Waals surface area contributed by atoms with Crippen LogP contribution in [0.15, 0.2) is 0 Å². The number of nitrogens with zero attached hydrogens (tertiary/aromatic N) is 1. The van der Waals surface area contributed by atoms with Gasteiger partial charge in [0.25, 0.3) is 0 Å². The van der Waals surface area contributed by atoms with E-state index in [4.69, 9.17) is 6.57 Å². The summed E-state index contributed by atoms with van der Waals surface area (Å²) in [6.07, 6.45) is -0.444. The average Bonchev–Trinajstić information content (AvgIpc) is 1.68. The predicted molar refractivity (Wildman–Crippen MR) is 26.7 cm³/mol. The SMILES string of the molecule is [C-]#[N+]CC(F)CC. The van der Waals surface area contributed by atoms with Crippen LogP contribution in [-0.2, 0) is 0 Å². The van der Waals surface area contributed by atoms with E-state index in [1.54, 1.807) is 6.92 Å². The molecule has 1 nitrogen and oxygen atoms in total. The van der Waals surface area contributed by atoms with Crippen LogP contribution in [0, 0.1) is 6.57 Å². The number of hydrogen-bond acceptors (Lipinski definition) is 0. The molecule has 2 heteroatoms. The van der Waals surface area contributed by atoms with Crippen LogP contribution in [0.1, 0.15) is 13.3 Å². The van der Waals surface area contributed by atoms with E-state index < -0.39 is 6.17 Å². The summed E-state index contributed by atoms with van der Waals surface area (Å²) in [7, 11) is 0. The van der Waals surface area contributed by atoms with Gasteiger partial charge < -0.3 is 4.85 Å². The topological polar surface area (TPSA) is 4.36 Å². The Hall–Kier alpha value is -0.580. The summed E-state index contributed by atoms with van der Waals surface area (Å²) in [5.41, 5.74) is 0. The lowest BCUT2D eigenvalue weighted by molar-refractivity contribution is 0.346. The van der Waals surface area contributed by atoms with Gasteiger partial charge in [0.15, 0.2) is 6.17 Å². The van der Waals surface area contributed by atoms with E-state index in [2.05, 4.69) is 4.85 Å². The highest BCUT2D eigenvalue weighted by Crippen LogP contribution is 1.94. The fourth-order valence-electron chi connectivity index (χ4n) is 0.228. The lowest BCUT2D eigenvalue weighted by Gasteiger charge is -1.89. The van der Waals surface area contributed by atoms with E-state index in [-0.39, 0.29) is 6.54 Å². The molecule has 0 bridgehead atoms. The first-order chi connectivity index (χ1) is 3.31. The van der Waals surface area contributed by atoms with E-state index in [9.17, 15) is 4.39 Å². The van der Waals surface area contributed by atoms with Crippen LogP contribution in [0.5, 0.6) is 0 Å². The van der Waals surface area contributed by atoms with E-state index >= 15 is 0 Å². The van der Waals surface area contributed by atoms with Crippen molar-refractivity contribution in [2.75, 3.05) is 6.54 Å². The predicted octanol–water partition coefficient (Wildman–Crippen LogP) is 1.65. The van der Waals surface area contributed by atoms with Gasteiger partial charge in [-0.2, -0.15) is 0 Å².